The molecule has 1 rings (SSSR count). The van der Waals surface area contributed by atoms with Crippen LogP contribution in [-0.2, 0) is 33.5 Å². The van der Waals surface area contributed by atoms with Crippen molar-refractivity contribution in [2.75, 3.05) is 21.3 Å². The van der Waals surface area contributed by atoms with Crippen molar-refractivity contribution in [1.82, 2.24) is 3.80 Å². The normalized spacial score (nSPS) is 12.7. The van der Waals surface area contributed by atoms with Gasteiger partial charge in [-0.3, -0.25) is 0 Å². The van der Waals surface area contributed by atoms with Gasteiger partial charge in [-0.1, -0.05) is 0 Å². The van der Waals surface area contributed by atoms with Crippen LogP contribution in [0.3, 0.4) is 0 Å². The first-order valence-electron chi connectivity index (χ1n) is 6.62. The van der Waals surface area contributed by atoms with Gasteiger partial charge >= 0.3 is 121 Å². The summed E-state index contributed by atoms with van der Waals surface area (Å²) in [6, 6.07) is 10.4. The molecule has 0 heterocycles. The van der Waals surface area contributed by atoms with E-state index in [2.05, 4.69) is 41.9 Å². The van der Waals surface area contributed by atoms with E-state index >= 15 is 0 Å². The van der Waals surface area contributed by atoms with Gasteiger partial charge in [-0.05, 0) is 0 Å². The fraction of sp³-hybridized carbons (Fsp3) is 0.571. The first kappa shape index (κ1) is 16.8. The second kappa shape index (κ2) is 7.53. The molecule has 0 fully saturated rings. The van der Waals surface area contributed by atoms with Gasteiger partial charge in [0, 0.05) is 0 Å². The van der Waals surface area contributed by atoms with Crippen molar-refractivity contribution in [2.24, 2.45) is 0 Å². The molecule has 0 aromatic heterocycles. The van der Waals surface area contributed by atoms with E-state index in [1.165, 1.54) is 5.56 Å². The van der Waals surface area contributed by atoms with E-state index in [1.807, 2.05) is 6.07 Å². The Bertz CT molecular complexity index is 356. The Hall–Kier alpha value is -0.226. The summed E-state index contributed by atoms with van der Waals surface area (Å²) >= 11 is -3.39. The summed E-state index contributed by atoms with van der Waals surface area (Å²) in [5.74, 6) is 0. The van der Waals surface area contributed by atoms with Gasteiger partial charge in [-0.2, -0.15) is 0 Å². The molecule has 1 aromatic rings. The van der Waals surface area contributed by atoms with Crippen LogP contribution in [0.5, 0.6) is 0 Å². The Morgan fingerprint density at radius 3 is 1.79 bits per heavy atom. The SMILES string of the molecule is CCC(CC)([NH][Ti]([O]C)([O]C)[O]C)c1ccccc1. The zero-order chi connectivity index (χ0) is 14.4. The van der Waals surface area contributed by atoms with Crippen LogP contribution in [0, 0.1) is 0 Å². The summed E-state index contributed by atoms with van der Waals surface area (Å²) in [6.45, 7) is 4.33. The Morgan fingerprint density at radius 1 is 0.947 bits per heavy atom. The third-order valence-corrected chi connectivity index (χ3v) is 7.48. The molecule has 0 saturated heterocycles. The molecule has 0 aliphatic carbocycles. The predicted octanol–water partition coefficient (Wildman–Crippen LogP) is 3.04. The van der Waals surface area contributed by atoms with Crippen molar-refractivity contribution in [3.05, 3.63) is 35.9 Å². The van der Waals surface area contributed by atoms with Gasteiger partial charge in [0.15, 0.2) is 0 Å². The molecule has 0 spiro atoms. The van der Waals surface area contributed by atoms with Crippen LogP contribution in [0.2, 0.25) is 0 Å². The van der Waals surface area contributed by atoms with E-state index in [0.29, 0.717) is 0 Å². The fourth-order valence-corrected chi connectivity index (χ4v) is 5.31. The van der Waals surface area contributed by atoms with Crippen molar-refractivity contribution in [3.63, 3.8) is 0 Å². The molecule has 0 atom stereocenters. The number of rotatable bonds is 8. The Labute approximate surface area is 121 Å². The molecular formula is C14H25NO3Ti. The summed E-state index contributed by atoms with van der Waals surface area (Å²) in [5.41, 5.74) is 1.06. The van der Waals surface area contributed by atoms with E-state index in [9.17, 15) is 0 Å². The molecule has 1 N–H and O–H groups in total. The Kier molecular flexibility index (Phi) is 6.67. The van der Waals surface area contributed by atoms with Crippen LogP contribution in [0.15, 0.2) is 30.3 Å². The van der Waals surface area contributed by atoms with Crippen molar-refractivity contribution in [2.45, 2.75) is 32.2 Å². The van der Waals surface area contributed by atoms with Crippen LogP contribution >= 0.6 is 0 Å². The third-order valence-electron chi connectivity index (χ3n) is 3.73. The van der Waals surface area contributed by atoms with Crippen LogP contribution in [0.1, 0.15) is 32.3 Å². The minimum atomic E-state index is -3.39. The standard InChI is InChI=1S/C11H16N.3CH3O.Ti/c1-3-11(12,4-2)10-8-6-5-7-9-10;3*1-2;/h5-9,12H,3-4H2,1-2H3;3*1H3;/q4*-1;+4. The topological polar surface area (TPSA) is 39.7 Å². The molecule has 0 aliphatic heterocycles. The molecule has 4 nitrogen and oxygen atoms in total. The van der Waals surface area contributed by atoms with Gasteiger partial charge < -0.3 is 0 Å². The molecule has 0 bridgehead atoms. The van der Waals surface area contributed by atoms with Gasteiger partial charge in [-0.15, -0.1) is 0 Å². The fourth-order valence-electron chi connectivity index (χ4n) is 2.36. The van der Waals surface area contributed by atoms with Gasteiger partial charge in [0.05, 0.1) is 0 Å². The molecule has 1 aromatic carbocycles. The number of nitrogens with one attached hydrogen (secondary N) is 1. The number of hydrogen-bond acceptors (Lipinski definition) is 4. The van der Waals surface area contributed by atoms with Crippen molar-refractivity contribution in [1.29, 1.82) is 0 Å². The van der Waals surface area contributed by atoms with Crippen LogP contribution in [0.4, 0.5) is 0 Å². The molecule has 5 heteroatoms. The van der Waals surface area contributed by atoms with E-state index in [4.69, 9.17) is 9.96 Å². The van der Waals surface area contributed by atoms with E-state index in [-0.39, 0.29) is 5.54 Å². The Morgan fingerprint density at radius 2 is 1.42 bits per heavy atom. The zero-order valence-corrected chi connectivity index (χ0v) is 14.1. The zero-order valence-electron chi connectivity index (χ0n) is 12.5. The van der Waals surface area contributed by atoms with E-state index in [1.54, 1.807) is 21.3 Å². The molecular weight excluding hydrogens is 278 g/mol. The van der Waals surface area contributed by atoms with Crippen molar-refractivity contribution >= 4 is 0 Å². The maximum atomic E-state index is 5.55. The van der Waals surface area contributed by atoms with Gasteiger partial charge in [-0.25, -0.2) is 0 Å². The molecule has 19 heavy (non-hydrogen) atoms. The summed E-state index contributed by atoms with van der Waals surface area (Å²) in [6.07, 6.45) is 1.88. The molecule has 108 valence electrons. The number of hydrogen-bond donors (Lipinski definition) is 1. The second-order valence-electron chi connectivity index (χ2n) is 4.45. The number of benzene rings is 1. The van der Waals surface area contributed by atoms with Crippen LogP contribution in [0.25, 0.3) is 0 Å². The van der Waals surface area contributed by atoms with Crippen molar-refractivity contribution < 1.29 is 28.0 Å². The van der Waals surface area contributed by atoms with Crippen LogP contribution < -0.4 is 3.80 Å². The molecule has 0 amide bonds. The van der Waals surface area contributed by atoms with E-state index < -0.39 is 18.0 Å². The van der Waals surface area contributed by atoms with Crippen LogP contribution in [-0.4, -0.2) is 21.3 Å². The molecule has 0 unspecified atom stereocenters. The monoisotopic (exact) mass is 303 g/mol. The molecule has 0 radical (unpaired) electrons. The van der Waals surface area contributed by atoms with Crippen molar-refractivity contribution in [3.8, 4) is 0 Å². The third kappa shape index (κ3) is 3.66. The summed E-state index contributed by atoms with van der Waals surface area (Å²) < 4.78 is 20.2. The maximum absolute atomic E-state index is 5.55. The average Bonchev–Trinajstić information content (AvgIpc) is 2.51. The summed E-state index contributed by atoms with van der Waals surface area (Å²) in [7, 11) is 4.92. The van der Waals surface area contributed by atoms with Gasteiger partial charge in [0.2, 0.25) is 0 Å². The predicted molar refractivity (Wildman–Crippen MR) is 72.9 cm³/mol. The first-order chi connectivity index (χ1) is 9.12. The quantitative estimate of drug-likeness (QED) is 0.749. The second-order valence-corrected chi connectivity index (χ2v) is 8.49. The minimum absolute atomic E-state index is 0.177. The average molecular weight is 303 g/mol. The summed E-state index contributed by atoms with van der Waals surface area (Å²) in [5, 5.41) is 0. The van der Waals surface area contributed by atoms with E-state index in [0.717, 1.165) is 12.8 Å². The van der Waals surface area contributed by atoms with Gasteiger partial charge in [0.1, 0.15) is 0 Å². The molecule has 0 aliphatic rings. The molecule has 0 saturated carbocycles. The summed E-state index contributed by atoms with van der Waals surface area (Å²) in [4.78, 5) is 0. The van der Waals surface area contributed by atoms with Gasteiger partial charge in [0.25, 0.3) is 0 Å². The first-order valence-corrected chi connectivity index (χ1v) is 9.31. The Balaban J connectivity index is 3.13.